The van der Waals surface area contributed by atoms with E-state index in [9.17, 15) is 19.5 Å². The van der Waals surface area contributed by atoms with Crippen LogP contribution in [0.25, 0.3) is 5.76 Å². The predicted molar refractivity (Wildman–Crippen MR) is 132 cm³/mol. The summed E-state index contributed by atoms with van der Waals surface area (Å²) in [5.74, 6) is -1.30. The van der Waals surface area contributed by atoms with Crippen LogP contribution in [0.15, 0.2) is 78.4 Å². The third-order valence-corrected chi connectivity index (χ3v) is 5.68. The van der Waals surface area contributed by atoms with Crippen molar-refractivity contribution in [2.75, 3.05) is 24.4 Å². The van der Waals surface area contributed by atoms with Gasteiger partial charge >= 0.3 is 0 Å². The Labute approximate surface area is 202 Å². The summed E-state index contributed by atoms with van der Waals surface area (Å²) >= 11 is 0. The van der Waals surface area contributed by atoms with E-state index in [0.717, 1.165) is 0 Å². The number of ether oxygens (including phenoxy) is 2. The zero-order valence-corrected chi connectivity index (χ0v) is 19.4. The van der Waals surface area contributed by atoms with E-state index >= 15 is 0 Å². The molecule has 1 saturated heterocycles. The number of para-hydroxylation sites is 1. The van der Waals surface area contributed by atoms with Crippen LogP contribution in [0.1, 0.15) is 24.1 Å². The molecule has 0 spiro atoms. The van der Waals surface area contributed by atoms with Crippen molar-refractivity contribution in [3.05, 3.63) is 89.5 Å². The number of carbonyl (C=O) groups excluding carboxylic acids is 3. The van der Waals surface area contributed by atoms with E-state index in [2.05, 4.69) is 5.32 Å². The number of Topliss-reactive ketones (excluding diaryl/α,β-unsaturated/α-hetero) is 1. The van der Waals surface area contributed by atoms with Gasteiger partial charge < -0.3 is 19.9 Å². The Morgan fingerprint density at radius 2 is 1.66 bits per heavy atom. The number of nitrogens with one attached hydrogen (secondary N) is 1. The van der Waals surface area contributed by atoms with Crippen LogP contribution in [-0.2, 0) is 14.4 Å². The van der Waals surface area contributed by atoms with E-state index in [1.807, 2.05) is 0 Å². The summed E-state index contributed by atoms with van der Waals surface area (Å²) in [6, 6.07) is 19.3. The Kier molecular flexibility index (Phi) is 6.55. The van der Waals surface area contributed by atoms with Crippen molar-refractivity contribution >= 4 is 34.7 Å². The number of ketones is 1. The maximum atomic E-state index is 13.3. The Morgan fingerprint density at radius 3 is 2.31 bits per heavy atom. The quantitative estimate of drug-likeness (QED) is 0.315. The van der Waals surface area contributed by atoms with E-state index in [0.29, 0.717) is 34.0 Å². The van der Waals surface area contributed by atoms with Crippen LogP contribution < -0.4 is 19.7 Å². The van der Waals surface area contributed by atoms with E-state index in [4.69, 9.17) is 9.47 Å². The highest BCUT2D eigenvalue weighted by atomic mass is 16.5. The van der Waals surface area contributed by atoms with Crippen molar-refractivity contribution in [1.29, 1.82) is 0 Å². The number of hydrogen-bond acceptors (Lipinski definition) is 6. The zero-order chi connectivity index (χ0) is 25.1. The molecule has 1 fully saturated rings. The van der Waals surface area contributed by atoms with Crippen LogP contribution in [0.5, 0.6) is 11.5 Å². The number of hydrogen-bond donors (Lipinski definition) is 2. The first-order chi connectivity index (χ1) is 16.8. The molecule has 35 heavy (non-hydrogen) atoms. The maximum absolute atomic E-state index is 13.3. The molecule has 1 unspecified atom stereocenters. The number of rotatable bonds is 6. The first-order valence-electron chi connectivity index (χ1n) is 10.8. The van der Waals surface area contributed by atoms with E-state index < -0.39 is 17.7 Å². The largest absolute Gasteiger partial charge is 0.507 e. The van der Waals surface area contributed by atoms with Crippen molar-refractivity contribution in [2.24, 2.45) is 0 Å². The standard InChI is InChI=1S/C27H24N2O6/c1-16(30)28-18-7-6-8-19(15-18)29-24(17-11-13-20(34-2)14-12-17)23(26(32)27(29)33)25(31)21-9-4-5-10-22(21)35-3/h4-15,24,31H,1-3H3,(H,28,30)/b25-23+. The van der Waals surface area contributed by atoms with Crippen molar-refractivity contribution in [1.82, 2.24) is 0 Å². The fourth-order valence-corrected chi connectivity index (χ4v) is 4.12. The van der Waals surface area contributed by atoms with Crippen molar-refractivity contribution in [3.8, 4) is 11.5 Å². The molecule has 1 aliphatic heterocycles. The monoisotopic (exact) mass is 472 g/mol. The van der Waals surface area contributed by atoms with Crippen molar-refractivity contribution in [3.63, 3.8) is 0 Å². The molecule has 0 aliphatic carbocycles. The number of carbonyl (C=O) groups is 3. The highest BCUT2D eigenvalue weighted by Crippen LogP contribution is 2.43. The normalized spacial score (nSPS) is 16.8. The molecule has 8 nitrogen and oxygen atoms in total. The van der Waals surface area contributed by atoms with Gasteiger partial charge in [0.15, 0.2) is 0 Å². The molecule has 3 aromatic rings. The minimum Gasteiger partial charge on any atom is -0.507 e. The summed E-state index contributed by atoms with van der Waals surface area (Å²) in [6.45, 7) is 1.38. The summed E-state index contributed by atoms with van der Waals surface area (Å²) in [5, 5.41) is 14.0. The Hall–Kier alpha value is -4.59. The number of anilines is 2. The van der Waals surface area contributed by atoms with E-state index in [1.54, 1.807) is 72.8 Å². The molecular weight excluding hydrogens is 448 g/mol. The Balaban J connectivity index is 1.93. The van der Waals surface area contributed by atoms with Crippen LogP contribution >= 0.6 is 0 Å². The van der Waals surface area contributed by atoms with Crippen molar-refractivity contribution in [2.45, 2.75) is 13.0 Å². The number of amides is 2. The van der Waals surface area contributed by atoms with E-state index in [-0.39, 0.29) is 17.2 Å². The van der Waals surface area contributed by atoms with Gasteiger partial charge in [0, 0.05) is 18.3 Å². The molecule has 178 valence electrons. The van der Waals surface area contributed by atoms with Gasteiger partial charge in [-0.2, -0.15) is 0 Å². The minimum atomic E-state index is -0.932. The molecule has 8 heteroatoms. The first-order valence-corrected chi connectivity index (χ1v) is 10.8. The predicted octanol–water partition coefficient (Wildman–Crippen LogP) is 4.29. The molecule has 2 N–H and O–H groups in total. The van der Waals surface area contributed by atoms with Crippen LogP contribution in [0.2, 0.25) is 0 Å². The third-order valence-electron chi connectivity index (χ3n) is 5.68. The second-order valence-electron chi connectivity index (χ2n) is 7.87. The number of aliphatic hydroxyl groups is 1. The molecule has 0 bridgehead atoms. The zero-order valence-electron chi connectivity index (χ0n) is 19.4. The lowest BCUT2D eigenvalue weighted by Crippen LogP contribution is -2.29. The molecule has 1 atom stereocenters. The summed E-state index contributed by atoms with van der Waals surface area (Å²) in [4.78, 5) is 39.5. The van der Waals surface area contributed by atoms with Crippen LogP contribution in [0.4, 0.5) is 11.4 Å². The minimum absolute atomic E-state index is 0.0744. The van der Waals surface area contributed by atoms with Gasteiger partial charge in [0.05, 0.1) is 31.4 Å². The third kappa shape index (κ3) is 4.46. The van der Waals surface area contributed by atoms with Crippen LogP contribution in [0.3, 0.4) is 0 Å². The van der Waals surface area contributed by atoms with Gasteiger partial charge in [-0.25, -0.2) is 0 Å². The average Bonchev–Trinajstić information content (AvgIpc) is 3.13. The molecule has 3 aromatic carbocycles. The van der Waals surface area contributed by atoms with Gasteiger partial charge in [0.1, 0.15) is 17.3 Å². The van der Waals surface area contributed by atoms with Gasteiger partial charge in [-0.1, -0.05) is 30.3 Å². The second-order valence-corrected chi connectivity index (χ2v) is 7.87. The van der Waals surface area contributed by atoms with Gasteiger partial charge in [-0.3, -0.25) is 19.3 Å². The SMILES string of the molecule is COc1ccc(C2/C(=C(\O)c3ccccc3OC)C(=O)C(=O)N2c2cccc(NC(C)=O)c2)cc1. The Bertz CT molecular complexity index is 1330. The maximum Gasteiger partial charge on any atom is 0.300 e. The lowest BCUT2D eigenvalue weighted by molar-refractivity contribution is -0.132. The summed E-state index contributed by atoms with van der Waals surface area (Å²) < 4.78 is 10.6. The van der Waals surface area contributed by atoms with Crippen molar-refractivity contribution < 1.29 is 29.0 Å². The number of benzene rings is 3. The van der Waals surface area contributed by atoms with Crippen LogP contribution in [-0.4, -0.2) is 36.9 Å². The lowest BCUT2D eigenvalue weighted by Gasteiger charge is -2.26. The molecule has 2 amide bonds. The summed E-state index contributed by atoms with van der Waals surface area (Å²) in [5.41, 5.74) is 1.66. The van der Waals surface area contributed by atoms with Gasteiger partial charge in [-0.15, -0.1) is 0 Å². The van der Waals surface area contributed by atoms with Gasteiger partial charge in [0.2, 0.25) is 5.91 Å². The molecule has 0 saturated carbocycles. The van der Waals surface area contributed by atoms with Crippen LogP contribution in [0, 0.1) is 0 Å². The highest BCUT2D eigenvalue weighted by molar-refractivity contribution is 6.51. The Morgan fingerprint density at radius 1 is 0.943 bits per heavy atom. The number of methoxy groups -OCH3 is 2. The fourth-order valence-electron chi connectivity index (χ4n) is 4.12. The topological polar surface area (TPSA) is 105 Å². The molecule has 1 aliphatic rings. The highest BCUT2D eigenvalue weighted by Gasteiger charge is 2.47. The van der Waals surface area contributed by atoms with Gasteiger partial charge in [-0.05, 0) is 48.0 Å². The number of nitrogens with zero attached hydrogens (tertiary/aromatic N) is 1. The van der Waals surface area contributed by atoms with E-state index in [1.165, 1.54) is 26.0 Å². The summed E-state index contributed by atoms with van der Waals surface area (Å²) in [6.07, 6.45) is 0. The smallest absolute Gasteiger partial charge is 0.300 e. The average molecular weight is 472 g/mol. The molecule has 0 aromatic heterocycles. The molecule has 0 radical (unpaired) electrons. The molecular formula is C27H24N2O6. The van der Waals surface area contributed by atoms with Gasteiger partial charge in [0.25, 0.3) is 11.7 Å². The molecule has 4 rings (SSSR count). The fraction of sp³-hybridized carbons (Fsp3) is 0.148. The molecule has 1 heterocycles. The first kappa shape index (κ1) is 23.6. The summed E-state index contributed by atoms with van der Waals surface area (Å²) in [7, 11) is 3.00. The number of aliphatic hydroxyl groups excluding tert-OH is 1. The second kappa shape index (κ2) is 9.72. The lowest BCUT2D eigenvalue weighted by atomic mass is 9.94.